The molecule has 9 heteroatoms. The normalized spacial score (nSPS) is 10.5. The van der Waals surface area contributed by atoms with E-state index in [4.69, 9.17) is 0 Å². The number of nitrogens with one attached hydrogen (secondary N) is 2. The second-order valence-electron chi connectivity index (χ2n) is 5.09. The van der Waals surface area contributed by atoms with E-state index in [1.54, 1.807) is 29.3 Å². The highest BCUT2D eigenvalue weighted by Gasteiger charge is 2.04. The third-order valence-electron chi connectivity index (χ3n) is 3.34. The minimum absolute atomic E-state index is 0.0853. The summed E-state index contributed by atoms with van der Waals surface area (Å²) in [5.74, 6) is 2.20. The number of hydrogen-bond donors (Lipinski definition) is 2. The lowest BCUT2D eigenvalue weighted by Crippen LogP contribution is -2.31. The summed E-state index contributed by atoms with van der Waals surface area (Å²) >= 11 is 0. The Balaban J connectivity index is 1.47. The van der Waals surface area contributed by atoms with Crippen molar-refractivity contribution in [2.24, 2.45) is 0 Å². The summed E-state index contributed by atoms with van der Waals surface area (Å²) in [7, 11) is 0. The van der Waals surface area contributed by atoms with E-state index >= 15 is 0 Å². The number of aryl methyl sites for hydroxylation is 1. The highest BCUT2D eigenvalue weighted by molar-refractivity contribution is 5.75. The first-order chi connectivity index (χ1) is 11.7. The fourth-order valence-electron chi connectivity index (χ4n) is 2.19. The molecule has 1 amide bonds. The number of rotatable bonds is 7. The number of nitrogens with zero attached hydrogens (tertiary/aromatic N) is 6. The largest absolute Gasteiger partial charge is 0.368 e. The van der Waals surface area contributed by atoms with Gasteiger partial charge in [-0.1, -0.05) is 0 Å². The van der Waals surface area contributed by atoms with Gasteiger partial charge in [-0.25, -0.2) is 15.0 Å². The van der Waals surface area contributed by atoms with Crippen LogP contribution in [0.4, 0.5) is 5.82 Å². The third-order valence-corrected chi connectivity index (χ3v) is 3.34. The molecule has 0 spiro atoms. The van der Waals surface area contributed by atoms with Crippen LogP contribution in [-0.2, 0) is 11.3 Å². The zero-order valence-corrected chi connectivity index (χ0v) is 13.3. The van der Waals surface area contributed by atoms with Crippen LogP contribution in [0.2, 0.25) is 0 Å². The van der Waals surface area contributed by atoms with Crippen molar-refractivity contribution in [1.82, 2.24) is 34.6 Å². The van der Waals surface area contributed by atoms with E-state index in [0.717, 1.165) is 11.6 Å². The van der Waals surface area contributed by atoms with Crippen molar-refractivity contribution in [3.63, 3.8) is 0 Å². The van der Waals surface area contributed by atoms with Gasteiger partial charge in [0.15, 0.2) is 0 Å². The summed E-state index contributed by atoms with van der Waals surface area (Å²) in [6, 6.07) is 3.61. The molecule has 0 aliphatic carbocycles. The zero-order chi connectivity index (χ0) is 16.8. The number of hydrogen-bond acceptors (Lipinski definition) is 6. The van der Waals surface area contributed by atoms with Gasteiger partial charge in [0, 0.05) is 43.9 Å². The van der Waals surface area contributed by atoms with Crippen molar-refractivity contribution in [3.8, 4) is 5.82 Å². The highest BCUT2D eigenvalue weighted by atomic mass is 16.2. The van der Waals surface area contributed by atoms with Crippen LogP contribution in [0, 0.1) is 6.92 Å². The predicted molar refractivity (Wildman–Crippen MR) is 87.6 cm³/mol. The Kier molecular flexibility index (Phi) is 4.80. The summed E-state index contributed by atoms with van der Waals surface area (Å²) in [6.07, 6.45) is 8.45. The summed E-state index contributed by atoms with van der Waals surface area (Å²) in [5.41, 5.74) is 0. The molecule has 9 nitrogen and oxygen atoms in total. The maximum absolute atomic E-state index is 11.7. The molecular weight excluding hydrogens is 308 g/mol. The van der Waals surface area contributed by atoms with Crippen molar-refractivity contribution < 1.29 is 4.79 Å². The fourth-order valence-corrected chi connectivity index (χ4v) is 2.19. The van der Waals surface area contributed by atoms with E-state index in [1.807, 2.05) is 23.8 Å². The van der Waals surface area contributed by atoms with Crippen LogP contribution in [0.15, 0.2) is 43.2 Å². The minimum atomic E-state index is -0.0853. The van der Waals surface area contributed by atoms with Crippen LogP contribution >= 0.6 is 0 Å². The predicted octanol–water partition coefficient (Wildman–Crippen LogP) is 0.396. The smallest absolute Gasteiger partial charge is 0.241 e. The van der Waals surface area contributed by atoms with E-state index in [2.05, 4.69) is 30.7 Å². The topological polar surface area (TPSA) is 103 Å². The van der Waals surface area contributed by atoms with Crippen LogP contribution in [0.5, 0.6) is 0 Å². The molecule has 3 rings (SSSR count). The maximum atomic E-state index is 11.7. The Hall–Kier alpha value is -3.23. The van der Waals surface area contributed by atoms with E-state index in [1.165, 1.54) is 6.33 Å². The Morgan fingerprint density at radius 2 is 2.08 bits per heavy atom. The van der Waals surface area contributed by atoms with Crippen molar-refractivity contribution in [3.05, 3.63) is 49.1 Å². The Bertz CT molecular complexity index is 795. The van der Waals surface area contributed by atoms with Crippen molar-refractivity contribution in [2.45, 2.75) is 13.5 Å². The highest BCUT2D eigenvalue weighted by Crippen LogP contribution is 2.10. The zero-order valence-electron chi connectivity index (χ0n) is 13.3. The molecule has 0 unspecified atom stereocenters. The second kappa shape index (κ2) is 7.36. The molecule has 0 aliphatic rings. The van der Waals surface area contributed by atoms with Crippen molar-refractivity contribution >= 4 is 11.7 Å². The Morgan fingerprint density at radius 3 is 2.83 bits per heavy atom. The van der Waals surface area contributed by atoms with Gasteiger partial charge in [0.25, 0.3) is 0 Å². The van der Waals surface area contributed by atoms with Gasteiger partial charge in [0.05, 0.1) is 0 Å². The molecule has 0 saturated heterocycles. The molecule has 0 aliphatic heterocycles. The SMILES string of the molecule is Cc1nccn1-c1cc(NCCNC(=O)Cn2cccn2)ncn1. The molecule has 0 aromatic carbocycles. The summed E-state index contributed by atoms with van der Waals surface area (Å²) in [6.45, 7) is 3.17. The fraction of sp³-hybridized carbons (Fsp3) is 0.267. The number of anilines is 1. The molecule has 24 heavy (non-hydrogen) atoms. The summed E-state index contributed by atoms with van der Waals surface area (Å²) < 4.78 is 3.45. The van der Waals surface area contributed by atoms with Crippen LogP contribution in [0.1, 0.15) is 5.82 Å². The summed E-state index contributed by atoms with van der Waals surface area (Å²) in [4.78, 5) is 24.3. The van der Waals surface area contributed by atoms with E-state index in [-0.39, 0.29) is 12.5 Å². The van der Waals surface area contributed by atoms with Crippen LogP contribution in [-0.4, -0.2) is 48.3 Å². The number of amides is 1. The molecule has 3 aromatic heterocycles. The molecule has 2 N–H and O–H groups in total. The van der Waals surface area contributed by atoms with Crippen LogP contribution < -0.4 is 10.6 Å². The van der Waals surface area contributed by atoms with Gasteiger partial charge in [0.1, 0.15) is 30.3 Å². The molecular formula is C15H18N8O. The molecule has 3 aromatic rings. The molecule has 0 fully saturated rings. The first kappa shape index (κ1) is 15.7. The van der Waals surface area contributed by atoms with Gasteiger partial charge in [-0.05, 0) is 13.0 Å². The van der Waals surface area contributed by atoms with Gasteiger partial charge in [-0.15, -0.1) is 0 Å². The van der Waals surface area contributed by atoms with Crippen LogP contribution in [0.25, 0.3) is 5.82 Å². The first-order valence-electron chi connectivity index (χ1n) is 7.53. The van der Waals surface area contributed by atoms with Gasteiger partial charge in [-0.2, -0.15) is 5.10 Å². The average Bonchev–Trinajstić information content (AvgIpc) is 3.23. The standard InChI is InChI=1S/C15H18N8O/c1-12-16-6-8-23(12)14-9-13(19-11-20-14)17-4-5-18-15(24)10-22-7-2-3-21-22/h2-3,6-9,11H,4-5,10H2,1H3,(H,18,24)(H,17,19,20). The molecule has 0 saturated carbocycles. The van der Waals surface area contributed by atoms with E-state index in [0.29, 0.717) is 18.9 Å². The molecule has 124 valence electrons. The number of imidazole rings is 1. The lowest BCUT2D eigenvalue weighted by Gasteiger charge is -2.09. The molecule has 0 atom stereocenters. The van der Waals surface area contributed by atoms with Crippen molar-refractivity contribution in [1.29, 1.82) is 0 Å². The second-order valence-corrected chi connectivity index (χ2v) is 5.09. The minimum Gasteiger partial charge on any atom is -0.368 e. The monoisotopic (exact) mass is 326 g/mol. The van der Waals surface area contributed by atoms with Crippen molar-refractivity contribution in [2.75, 3.05) is 18.4 Å². The first-order valence-corrected chi connectivity index (χ1v) is 7.53. The third kappa shape index (κ3) is 3.94. The Morgan fingerprint density at radius 1 is 1.17 bits per heavy atom. The lowest BCUT2D eigenvalue weighted by atomic mass is 10.4. The van der Waals surface area contributed by atoms with Crippen LogP contribution in [0.3, 0.4) is 0 Å². The summed E-state index contributed by atoms with van der Waals surface area (Å²) in [5, 5.41) is 9.97. The number of aromatic nitrogens is 6. The average molecular weight is 326 g/mol. The molecule has 0 radical (unpaired) electrons. The lowest BCUT2D eigenvalue weighted by molar-refractivity contribution is -0.121. The van der Waals surface area contributed by atoms with E-state index < -0.39 is 0 Å². The maximum Gasteiger partial charge on any atom is 0.241 e. The number of carbonyl (C=O) groups is 1. The van der Waals surface area contributed by atoms with Gasteiger partial charge >= 0.3 is 0 Å². The van der Waals surface area contributed by atoms with Gasteiger partial charge in [-0.3, -0.25) is 14.0 Å². The number of carbonyl (C=O) groups excluding carboxylic acids is 1. The quantitative estimate of drug-likeness (QED) is 0.609. The van der Waals surface area contributed by atoms with Gasteiger partial charge < -0.3 is 10.6 Å². The molecule has 3 heterocycles. The van der Waals surface area contributed by atoms with E-state index in [9.17, 15) is 4.79 Å². The van der Waals surface area contributed by atoms with Gasteiger partial charge in [0.2, 0.25) is 5.91 Å². The molecule has 0 bridgehead atoms. The Labute approximate surface area is 138 Å².